The van der Waals surface area contributed by atoms with Gasteiger partial charge in [-0.2, -0.15) is 0 Å². The molecule has 0 saturated carbocycles. The number of amides is 1. The van der Waals surface area contributed by atoms with Gasteiger partial charge in [0.2, 0.25) is 0 Å². The molecule has 2 atom stereocenters. The number of piperidine rings is 1. The van der Waals surface area contributed by atoms with Crippen molar-refractivity contribution in [2.75, 3.05) is 19.7 Å². The van der Waals surface area contributed by atoms with Crippen molar-refractivity contribution in [3.05, 3.63) is 35.4 Å². The van der Waals surface area contributed by atoms with E-state index >= 15 is 0 Å². The second kappa shape index (κ2) is 8.41. The SMILES string of the molecule is CCOC(=O)C1CCN(C(=O)OC(C)(C)C)C[C@@H]1c1cccc(C(=O)O)c1. The molecule has 1 amide bonds. The van der Waals surface area contributed by atoms with E-state index in [2.05, 4.69) is 0 Å². The zero-order valence-electron chi connectivity index (χ0n) is 16.2. The maximum Gasteiger partial charge on any atom is 0.410 e. The van der Waals surface area contributed by atoms with E-state index in [1.807, 2.05) is 0 Å². The number of carboxylic acids is 1. The molecule has 1 saturated heterocycles. The van der Waals surface area contributed by atoms with E-state index in [4.69, 9.17) is 9.47 Å². The highest BCUT2D eigenvalue weighted by Gasteiger charge is 2.39. The van der Waals surface area contributed by atoms with Crippen molar-refractivity contribution in [3.8, 4) is 0 Å². The minimum absolute atomic E-state index is 0.143. The van der Waals surface area contributed by atoms with Crippen LogP contribution in [-0.2, 0) is 14.3 Å². The summed E-state index contributed by atoms with van der Waals surface area (Å²) in [6, 6.07) is 6.48. The van der Waals surface area contributed by atoms with Gasteiger partial charge in [-0.05, 0) is 51.8 Å². The molecule has 148 valence electrons. The molecule has 0 bridgehead atoms. The highest BCUT2D eigenvalue weighted by molar-refractivity contribution is 5.88. The fourth-order valence-electron chi connectivity index (χ4n) is 3.22. The Labute approximate surface area is 159 Å². The molecule has 1 aliphatic rings. The normalized spacial score (nSPS) is 20.1. The van der Waals surface area contributed by atoms with Gasteiger partial charge < -0.3 is 19.5 Å². The molecule has 1 N–H and O–H groups in total. The van der Waals surface area contributed by atoms with E-state index in [0.717, 1.165) is 0 Å². The van der Waals surface area contributed by atoms with Crippen LogP contribution in [0.25, 0.3) is 0 Å². The first kappa shape index (κ1) is 20.7. The summed E-state index contributed by atoms with van der Waals surface area (Å²) in [5.41, 5.74) is 0.221. The van der Waals surface area contributed by atoms with Crippen molar-refractivity contribution in [1.82, 2.24) is 4.90 Å². The number of carboxylic acid groups (broad SMARTS) is 1. The predicted molar refractivity (Wildman–Crippen MR) is 98.7 cm³/mol. The maximum atomic E-state index is 12.5. The number of ether oxygens (including phenoxy) is 2. The molecular weight excluding hydrogens is 350 g/mol. The number of rotatable bonds is 4. The van der Waals surface area contributed by atoms with Gasteiger partial charge in [0, 0.05) is 19.0 Å². The van der Waals surface area contributed by atoms with Crippen LogP contribution in [0.4, 0.5) is 4.79 Å². The van der Waals surface area contributed by atoms with Crippen molar-refractivity contribution in [2.45, 2.75) is 45.6 Å². The van der Waals surface area contributed by atoms with Crippen LogP contribution >= 0.6 is 0 Å². The molecule has 1 fully saturated rings. The van der Waals surface area contributed by atoms with E-state index in [1.54, 1.807) is 50.8 Å². The van der Waals surface area contributed by atoms with Gasteiger partial charge in [-0.3, -0.25) is 4.79 Å². The average Bonchev–Trinajstić information content (AvgIpc) is 2.60. The second-order valence-corrected chi connectivity index (χ2v) is 7.61. The van der Waals surface area contributed by atoms with E-state index in [9.17, 15) is 19.5 Å². The Kier molecular flexibility index (Phi) is 6.46. The molecule has 1 aliphatic heterocycles. The van der Waals surface area contributed by atoms with E-state index in [1.165, 1.54) is 6.07 Å². The van der Waals surface area contributed by atoms with Gasteiger partial charge in [0.15, 0.2) is 0 Å². The molecule has 1 heterocycles. The first-order valence-corrected chi connectivity index (χ1v) is 9.10. The fraction of sp³-hybridized carbons (Fsp3) is 0.550. The van der Waals surface area contributed by atoms with Crippen LogP contribution in [0.15, 0.2) is 24.3 Å². The second-order valence-electron chi connectivity index (χ2n) is 7.61. The lowest BCUT2D eigenvalue weighted by molar-refractivity contribution is -0.150. The minimum atomic E-state index is -1.04. The lowest BCUT2D eigenvalue weighted by Gasteiger charge is -2.38. The molecule has 1 aromatic carbocycles. The van der Waals surface area contributed by atoms with Crippen LogP contribution in [0.1, 0.15) is 56.0 Å². The summed E-state index contributed by atoms with van der Waals surface area (Å²) >= 11 is 0. The summed E-state index contributed by atoms with van der Waals surface area (Å²) in [7, 11) is 0. The quantitative estimate of drug-likeness (QED) is 0.810. The van der Waals surface area contributed by atoms with Gasteiger partial charge in [-0.25, -0.2) is 9.59 Å². The molecule has 0 spiro atoms. The van der Waals surface area contributed by atoms with Gasteiger partial charge in [0.25, 0.3) is 0 Å². The van der Waals surface area contributed by atoms with Gasteiger partial charge in [-0.15, -0.1) is 0 Å². The number of aromatic carboxylic acids is 1. The van der Waals surface area contributed by atoms with Crippen LogP contribution < -0.4 is 0 Å². The molecule has 27 heavy (non-hydrogen) atoms. The first-order chi connectivity index (χ1) is 12.6. The van der Waals surface area contributed by atoms with Crippen LogP contribution in [0.3, 0.4) is 0 Å². The molecule has 1 unspecified atom stereocenters. The van der Waals surface area contributed by atoms with Gasteiger partial charge in [-0.1, -0.05) is 12.1 Å². The molecule has 7 nitrogen and oxygen atoms in total. The smallest absolute Gasteiger partial charge is 0.410 e. The van der Waals surface area contributed by atoms with Gasteiger partial charge in [0.05, 0.1) is 18.1 Å². The number of carbonyl (C=O) groups excluding carboxylic acids is 2. The standard InChI is InChI=1S/C20H27NO6/c1-5-26-18(24)15-9-10-21(19(25)27-20(2,3)4)12-16(15)13-7-6-8-14(11-13)17(22)23/h6-8,11,15-16H,5,9-10,12H2,1-4H3,(H,22,23)/t15?,16-/m1/s1. The highest BCUT2D eigenvalue weighted by Crippen LogP contribution is 2.34. The summed E-state index contributed by atoms with van der Waals surface area (Å²) in [6.45, 7) is 8.05. The molecular formula is C20H27NO6. The molecule has 0 aliphatic carbocycles. The van der Waals surface area contributed by atoms with Crippen molar-refractivity contribution < 1.29 is 29.0 Å². The summed E-state index contributed by atoms with van der Waals surface area (Å²) in [4.78, 5) is 37.8. The van der Waals surface area contributed by atoms with Crippen LogP contribution in [-0.4, -0.2) is 53.3 Å². The zero-order valence-corrected chi connectivity index (χ0v) is 16.2. The molecule has 0 radical (unpaired) electrons. The van der Waals surface area contributed by atoms with Crippen molar-refractivity contribution in [2.24, 2.45) is 5.92 Å². The third kappa shape index (κ3) is 5.45. The Bertz CT molecular complexity index is 709. The maximum absolute atomic E-state index is 12.5. The summed E-state index contributed by atoms with van der Waals surface area (Å²) in [5.74, 6) is -2.16. The fourth-order valence-corrected chi connectivity index (χ4v) is 3.22. The summed E-state index contributed by atoms with van der Waals surface area (Å²) < 4.78 is 10.6. The molecule has 2 rings (SSSR count). The third-order valence-corrected chi connectivity index (χ3v) is 4.42. The number of hydrogen-bond acceptors (Lipinski definition) is 5. The van der Waals surface area contributed by atoms with E-state index < -0.39 is 23.6 Å². The lowest BCUT2D eigenvalue weighted by atomic mass is 9.80. The van der Waals surface area contributed by atoms with Crippen molar-refractivity contribution in [3.63, 3.8) is 0 Å². The summed E-state index contributed by atoms with van der Waals surface area (Å²) in [5, 5.41) is 9.26. The number of carbonyl (C=O) groups is 3. The number of nitrogens with zero attached hydrogens (tertiary/aromatic N) is 1. The first-order valence-electron chi connectivity index (χ1n) is 9.10. The molecule has 1 aromatic rings. The van der Waals surface area contributed by atoms with E-state index in [0.29, 0.717) is 18.5 Å². The van der Waals surface area contributed by atoms with Crippen molar-refractivity contribution in [1.29, 1.82) is 0 Å². The van der Waals surface area contributed by atoms with Gasteiger partial charge in [0.1, 0.15) is 5.60 Å². The monoisotopic (exact) mass is 377 g/mol. The summed E-state index contributed by atoms with van der Waals surface area (Å²) in [6.07, 6.45) is -0.00996. The number of likely N-dealkylation sites (tertiary alicyclic amines) is 1. The average molecular weight is 377 g/mol. The Morgan fingerprint density at radius 2 is 1.96 bits per heavy atom. The van der Waals surface area contributed by atoms with Crippen LogP contribution in [0.2, 0.25) is 0 Å². The minimum Gasteiger partial charge on any atom is -0.478 e. The largest absolute Gasteiger partial charge is 0.478 e. The Morgan fingerprint density at radius 1 is 1.26 bits per heavy atom. The third-order valence-electron chi connectivity index (χ3n) is 4.42. The van der Waals surface area contributed by atoms with E-state index in [-0.39, 0.29) is 30.6 Å². The lowest BCUT2D eigenvalue weighted by Crippen LogP contribution is -2.47. The Balaban J connectivity index is 2.30. The molecule has 0 aromatic heterocycles. The Morgan fingerprint density at radius 3 is 2.56 bits per heavy atom. The topological polar surface area (TPSA) is 93.1 Å². The van der Waals surface area contributed by atoms with Gasteiger partial charge >= 0.3 is 18.0 Å². The zero-order chi connectivity index (χ0) is 20.2. The highest BCUT2D eigenvalue weighted by atomic mass is 16.6. The number of esters is 1. The van der Waals surface area contributed by atoms with Crippen molar-refractivity contribution >= 4 is 18.0 Å². The number of hydrogen-bond donors (Lipinski definition) is 1. The van der Waals surface area contributed by atoms with Crippen LogP contribution in [0, 0.1) is 5.92 Å². The number of benzene rings is 1. The predicted octanol–water partition coefficient (Wildman–Crippen LogP) is 3.29. The molecule has 7 heteroatoms. The van der Waals surface area contributed by atoms with Crippen LogP contribution in [0.5, 0.6) is 0 Å². The Hall–Kier alpha value is -2.57.